The van der Waals surface area contributed by atoms with Gasteiger partial charge in [0.25, 0.3) is 0 Å². The average molecular weight is 787 g/mol. The van der Waals surface area contributed by atoms with E-state index in [0.29, 0.717) is 35.7 Å². The normalized spacial score (nSPS) is 14.8. The van der Waals surface area contributed by atoms with Gasteiger partial charge in [-0.1, -0.05) is 121 Å². The van der Waals surface area contributed by atoms with E-state index in [4.69, 9.17) is 34.1 Å². The number of hydrogen-bond donors (Lipinski definition) is 0. The molecule has 1 aliphatic heterocycles. The fraction of sp³-hybridized carbons (Fsp3) is 0.0377. The first kappa shape index (κ1) is 34.8. The van der Waals surface area contributed by atoms with E-state index < -0.39 is 0 Å². The first-order chi connectivity index (χ1) is 30.2. The summed E-state index contributed by atoms with van der Waals surface area (Å²) >= 11 is 0. The maximum absolute atomic E-state index is 6.55. The third-order valence-corrected chi connectivity index (χ3v) is 11.4. The third-order valence-electron chi connectivity index (χ3n) is 11.4. The summed E-state index contributed by atoms with van der Waals surface area (Å²) in [5.74, 6) is 3.86. The zero-order valence-electron chi connectivity index (χ0n) is 32.7. The van der Waals surface area contributed by atoms with Crippen LogP contribution < -0.4 is 0 Å². The van der Waals surface area contributed by atoms with Crippen LogP contribution in [0.1, 0.15) is 17.8 Å². The van der Waals surface area contributed by atoms with Crippen molar-refractivity contribution in [1.29, 1.82) is 0 Å². The second-order valence-corrected chi connectivity index (χ2v) is 15.2. The number of aromatic nitrogens is 5. The molecule has 1 unspecified atom stereocenters. The summed E-state index contributed by atoms with van der Waals surface area (Å²) in [5.41, 5.74) is 11.6. The molecule has 0 N–H and O–H groups in total. The maximum Gasteiger partial charge on any atom is 0.227 e. The summed E-state index contributed by atoms with van der Waals surface area (Å²) in [6, 6.07) is 59.8. The number of ether oxygens (including phenoxy) is 1. The fourth-order valence-corrected chi connectivity index (χ4v) is 8.40. The SMILES string of the molecule is C1=C(c2nc(-c3ccccc3)nc(-c3ccccc3)n2)C=C2OC(c3cccc(-c4ccc5c(c4)c4ccccc4n5-c4ccc5oc(-c6ccccc6)nc5c4)c3)=NC2C1. The summed E-state index contributed by atoms with van der Waals surface area (Å²) in [6.45, 7) is 0. The summed E-state index contributed by atoms with van der Waals surface area (Å²) in [4.78, 5) is 24.6. The molecule has 0 amide bonds. The molecule has 10 aromatic rings. The van der Waals surface area contributed by atoms with Crippen molar-refractivity contribution >= 4 is 44.4 Å². The molecule has 0 fully saturated rings. The molecule has 0 bridgehead atoms. The van der Waals surface area contributed by atoms with Crippen molar-refractivity contribution in [3.05, 3.63) is 205 Å². The molecular formula is C53H34N6O2. The van der Waals surface area contributed by atoms with Crippen molar-refractivity contribution in [3.8, 4) is 51.0 Å². The zero-order valence-corrected chi connectivity index (χ0v) is 32.7. The van der Waals surface area contributed by atoms with Gasteiger partial charge in [0.1, 0.15) is 17.3 Å². The number of para-hydroxylation sites is 1. The van der Waals surface area contributed by atoms with Gasteiger partial charge < -0.3 is 13.7 Å². The highest BCUT2D eigenvalue weighted by Crippen LogP contribution is 2.38. The van der Waals surface area contributed by atoms with Crippen LogP contribution in [0.2, 0.25) is 0 Å². The molecule has 0 saturated heterocycles. The first-order valence-electron chi connectivity index (χ1n) is 20.3. The predicted octanol–water partition coefficient (Wildman–Crippen LogP) is 12.3. The minimum absolute atomic E-state index is 0.115. The molecule has 4 heterocycles. The van der Waals surface area contributed by atoms with Crippen molar-refractivity contribution in [2.45, 2.75) is 12.5 Å². The Morgan fingerprint density at radius 1 is 0.492 bits per heavy atom. The molecule has 7 aromatic carbocycles. The monoisotopic (exact) mass is 786 g/mol. The molecule has 0 radical (unpaired) electrons. The van der Waals surface area contributed by atoms with Crippen LogP contribution in [0.4, 0.5) is 0 Å². The second-order valence-electron chi connectivity index (χ2n) is 15.2. The van der Waals surface area contributed by atoms with Gasteiger partial charge in [-0.25, -0.2) is 24.9 Å². The van der Waals surface area contributed by atoms with E-state index in [1.807, 2.05) is 103 Å². The number of fused-ring (bicyclic) bond motifs is 5. The Morgan fingerprint density at radius 2 is 1.13 bits per heavy atom. The Morgan fingerprint density at radius 3 is 1.90 bits per heavy atom. The first-order valence-corrected chi connectivity index (χ1v) is 20.3. The van der Waals surface area contributed by atoms with E-state index in [1.54, 1.807) is 0 Å². The molecule has 3 aromatic heterocycles. The largest absolute Gasteiger partial charge is 0.441 e. The van der Waals surface area contributed by atoms with Gasteiger partial charge in [0.2, 0.25) is 11.8 Å². The lowest BCUT2D eigenvalue weighted by Gasteiger charge is -2.15. The van der Waals surface area contributed by atoms with E-state index in [0.717, 1.165) is 77.9 Å². The number of aliphatic imine (C=N–C) groups is 1. The Bertz CT molecular complexity index is 3360. The van der Waals surface area contributed by atoms with Crippen molar-refractivity contribution in [2.24, 2.45) is 4.99 Å². The highest BCUT2D eigenvalue weighted by Gasteiger charge is 2.30. The van der Waals surface area contributed by atoms with Crippen LogP contribution in [0.15, 0.2) is 203 Å². The highest BCUT2D eigenvalue weighted by atomic mass is 16.5. The van der Waals surface area contributed by atoms with E-state index in [1.165, 1.54) is 5.39 Å². The fourth-order valence-electron chi connectivity index (χ4n) is 8.40. The van der Waals surface area contributed by atoms with Crippen molar-refractivity contribution < 1.29 is 9.15 Å². The number of benzene rings is 7. The van der Waals surface area contributed by atoms with Crippen LogP contribution in [0.3, 0.4) is 0 Å². The number of allylic oxidation sites excluding steroid dienone is 2. The Kier molecular flexibility index (Phi) is 8.12. The Labute approximate surface area is 350 Å². The second kappa shape index (κ2) is 14.2. The van der Waals surface area contributed by atoms with Gasteiger partial charge in [-0.15, -0.1) is 0 Å². The average Bonchev–Trinajstić information content (AvgIpc) is 4.06. The van der Waals surface area contributed by atoms with Crippen LogP contribution in [0.25, 0.3) is 89.5 Å². The molecule has 288 valence electrons. The lowest BCUT2D eigenvalue weighted by molar-refractivity contribution is 0.414. The molecule has 12 rings (SSSR count). The van der Waals surface area contributed by atoms with Crippen LogP contribution in [-0.4, -0.2) is 36.4 Å². The molecule has 1 aliphatic carbocycles. The molecule has 0 spiro atoms. The third kappa shape index (κ3) is 6.20. The van der Waals surface area contributed by atoms with E-state index >= 15 is 0 Å². The minimum atomic E-state index is -0.115. The summed E-state index contributed by atoms with van der Waals surface area (Å²) in [5, 5.41) is 2.34. The summed E-state index contributed by atoms with van der Waals surface area (Å²) in [6.07, 6.45) is 4.85. The van der Waals surface area contributed by atoms with Crippen LogP contribution in [0, 0.1) is 0 Å². The van der Waals surface area contributed by atoms with Crippen LogP contribution in [0.5, 0.6) is 0 Å². The molecule has 2 aliphatic rings. The van der Waals surface area contributed by atoms with Crippen molar-refractivity contribution in [3.63, 3.8) is 0 Å². The molecule has 1 atom stereocenters. The number of nitrogens with zero attached hydrogens (tertiary/aromatic N) is 6. The topological polar surface area (TPSA) is 91.2 Å². The summed E-state index contributed by atoms with van der Waals surface area (Å²) in [7, 11) is 0. The summed E-state index contributed by atoms with van der Waals surface area (Å²) < 4.78 is 15.0. The molecular weight excluding hydrogens is 753 g/mol. The standard InChI is InChI=1S/C53H34N6O2/c1-4-13-33(14-5-1)49-56-50(34-15-6-2-7-16-34)58-51(57-49)38-23-26-43-48(31-38)61-53(54-43)39-20-12-19-36(29-39)37-24-27-46-42(30-37)41-21-10-11-22-45(41)59(46)40-25-28-47-44(32-40)55-52(60-47)35-17-8-3-9-18-35/h1-25,27-32,43H,26H2. The van der Waals surface area contributed by atoms with Gasteiger partial charge in [-0.05, 0) is 84.3 Å². The van der Waals surface area contributed by atoms with Gasteiger partial charge >= 0.3 is 0 Å². The Hall–Kier alpha value is -8.23. The van der Waals surface area contributed by atoms with Crippen LogP contribution in [-0.2, 0) is 4.74 Å². The Balaban J connectivity index is 0.853. The smallest absolute Gasteiger partial charge is 0.227 e. The molecule has 61 heavy (non-hydrogen) atoms. The molecule has 0 saturated carbocycles. The number of hydrogen-bond acceptors (Lipinski definition) is 7. The molecule has 8 nitrogen and oxygen atoms in total. The number of oxazole rings is 1. The van der Waals surface area contributed by atoms with Gasteiger partial charge in [0.15, 0.2) is 23.1 Å². The number of rotatable bonds is 7. The van der Waals surface area contributed by atoms with Crippen molar-refractivity contribution in [2.75, 3.05) is 0 Å². The molecule has 8 heteroatoms. The maximum atomic E-state index is 6.55. The lowest BCUT2D eigenvalue weighted by Crippen LogP contribution is -2.10. The van der Waals surface area contributed by atoms with Gasteiger partial charge in [-0.2, -0.15) is 0 Å². The minimum Gasteiger partial charge on any atom is -0.441 e. The predicted molar refractivity (Wildman–Crippen MR) is 242 cm³/mol. The quantitative estimate of drug-likeness (QED) is 0.160. The van der Waals surface area contributed by atoms with E-state index in [2.05, 4.69) is 89.5 Å². The van der Waals surface area contributed by atoms with Crippen LogP contribution >= 0.6 is 0 Å². The lowest BCUT2D eigenvalue weighted by atomic mass is 10.0. The van der Waals surface area contributed by atoms with Gasteiger partial charge in [0, 0.05) is 44.3 Å². The highest BCUT2D eigenvalue weighted by molar-refractivity contribution is 6.11. The van der Waals surface area contributed by atoms with E-state index in [-0.39, 0.29) is 6.04 Å². The van der Waals surface area contributed by atoms with Gasteiger partial charge in [-0.3, -0.25) is 0 Å². The zero-order chi connectivity index (χ0) is 40.3. The van der Waals surface area contributed by atoms with E-state index in [9.17, 15) is 0 Å². The van der Waals surface area contributed by atoms with Gasteiger partial charge in [0.05, 0.1) is 11.0 Å². The van der Waals surface area contributed by atoms with Crippen molar-refractivity contribution in [1.82, 2.24) is 24.5 Å².